The van der Waals surface area contributed by atoms with Gasteiger partial charge in [-0.3, -0.25) is 9.48 Å². The van der Waals surface area contributed by atoms with Gasteiger partial charge in [-0.15, -0.1) is 5.10 Å². The molecule has 0 fully saturated rings. The summed E-state index contributed by atoms with van der Waals surface area (Å²) in [5.41, 5.74) is 1.28. The third-order valence-electron chi connectivity index (χ3n) is 6.27. The second kappa shape index (κ2) is 10.9. The Labute approximate surface area is 218 Å². The number of rotatable bonds is 10. The summed E-state index contributed by atoms with van der Waals surface area (Å²) in [5.74, 6) is -0.226. The number of halogens is 1. The van der Waals surface area contributed by atoms with Gasteiger partial charge in [0.25, 0.3) is 5.91 Å². The van der Waals surface area contributed by atoms with Crippen LogP contribution in [0.15, 0.2) is 60.8 Å². The number of benzene rings is 2. The molecule has 0 bridgehead atoms. The third-order valence-corrected chi connectivity index (χ3v) is 6.94. The van der Waals surface area contributed by atoms with E-state index in [0.29, 0.717) is 42.9 Å². The lowest BCUT2D eigenvalue weighted by Gasteiger charge is -2.27. The molecule has 2 aromatic carbocycles. The number of carbonyl (C=O) groups is 1. The van der Waals surface area contributed by atoms with E-state index in [0.717, 1.165) is 14.8 Å². The number of allylic oxidation sites excluding steroid dienone is 1. The topological polar surface area (TPSA) is 101 Å². The monoisotopic (exact) mass is 588 g/mol. The molecule has 35 heavy (non-hydrogen) atoms. The Kier molecular flexibility index (Phi) is 7.88. The summed E-state index contributed by atoms with van der Waals surface area (Å²) in [5, 5.41) is 28.9. The Morgan fingerprint density at radius 3 is 2.83 bits per heavy atom. The van der Waals surface area contributed by atoms with Gasteiger partial charge in [-0.05, 0) is 64.9 Å². The van der Waals surface area contributed by atoms with Crippen LogP contribution in [0.2, 0.25) is 0 Å². The molecule has 1 aliphatic rings. The van der Waals surface area contributed by atoms with Crippen LogP contribution in [-0.4, -0.2) is 44.8 Å². The van der Waals surface area contributed by atoms with Crippen LogP contribution in [0.4, 0.5) is 5.69 Å². The molecular formula is C26H29IN4O4. The Hall–Kier alpha value is -2.76. The lowest BCUT2D eigenvalue weighted by atomic mass is 9.83. The standard InChI is InChI=1S/C26H29IN4O4/c1-18(6-3-4-12-30-17-21(11-13-32)28-29-30)26(34)23-15-22(35-2)9-10-24(23)31(25(26)33)16-19-7-5-8-20(27)14-19/h3,5-10,14-15,17-18,32,34H,4,11-13,16H2,1-2H3/b6-3+/t18-,26+/m0/s1. The number of aryl methyl sites for hydroxylation is 1. The van der Waals surface area contributed by atoms with Crippen molar-refractivity contribution in [2.24, 2.45) is 5.92 Å². The maximum Gasteiger partial charge on any atom is 0.264 e. The highest BCUT2D eigenvalue weighted by molar-refractivity contribution is 14.1. The molecular weight excluding hydrogens is 559 g/mol. The van der Waals surface area contributed by atoms with E-state index >= 15 is 0 Å². The molecule has 3 aromatic rings. The van der Waals surface area contributed by atoms with Crippen molar-refractivity contribution in [2.45, 2.75) is 38.5 Å². The number of hydrogen-bond donors (Lipinski definition) is 2. The minimum absolute atomic E-state index is 0.0372. The molecule has 2 heterocycles. The number of aromatic nitrogens is 3. The number of anilines is 1. The van der Waals surface area contributed by atoms with E-state index in [1.165, 1.54) is 0 Å². The van der Waals surface area contributed by atoms with Gasteiger partial charge in [-0.25, -0.2) is 0 Å². The Bertz CT molecular complexity index is 1230. The number of aliphatic hydroxyl groups excluding tert-OH is 1. The molecule has 1 aromatic heterocycles. The zero-order valence-electron chi connectivity index (χ0n) is 19.8. The molecule has 2 N–H and O–H groups in total. The lowest BCUT2D eigenvalue weighted by Crippen LogP contribution is -2.44. The van der Waals surface area contributed by atoms with Crippen LogP contribution in [-0.2, 0) is 29.9 Å². The van der Waals surface area contributed by atoms with Crippen LogP contribution < -0.4 is 9.64 Å². The van der Waals surface area contributed by atoms with Crippen molar-refractivity contribution in [2.75, 3.05) is 18.6 Å². The van der Waals surface area contributed by atoms with Gasteiger partial charge in [0, 0.05) is 40.8 Å². The van der Waals surface area contributed by atoms with Crippen molar-refractivity contribution < 1.29 is 19.7 Å². The molecule has 0 radical (unpaired) electrons. The zero-order chi connectivity index (χ0) is 25.0. The first-order valence-electron chi connectivity index (χ1n) is 11.5. The molecule has 1 amide bonds. The highest BCUT2D eigenvalue weighted by Crippen LogP contribution is 2.47. The van der Waals surface area contributed by atoms with E-state index in [4.69, 9.17) is 9.84 Å². The van der Waals surface area contributed by atoms with Crippen LogP contribution in [0.5, 0.6) is 5.75 Å². The summed E-state index contributed by atoms with van der Waals surface area (Å²) in [4.78, 5) is 15.3. The first kappa shape index (κ1) is 25.3. The van der Waals surface area contributed by atoms with Crippen LogP contribution in [0.25, 0.3) is 0 Å². The maximum absolute atomic E-state index is 13.7. The molecule has 0 aliphatic carbocycles. The molecule has 184 valence electrons. The largest absolute Gasteiger partial charge is 0.497 e. The van der Waals surface area contributed by atoms with E-state index in [1.807, 2.05) is 61.7 Å². The SMILES string of the molecule is COc1ccc2c(c1)[C@](O)([C@@H](C)/C=C/CCn1cc(CCO)nn1)C(=O)N2Cc1cccc(I)c1. The molecule has 9 heteroatoms. The minimum Gasteiger partial charge on any atom is -0.497 e. The summed E-state index contributed by atoms with van der Waals surface area (Å²) in [7, 11) is 1.57. The molecule has 4 rings (SSSR count). The van der Waals surface area contributed by atoms with Gasteiger partial charge < -0.3 is 19.8 Å². The van der Waals surface area contributed by atoms with E-state index in [2.05, 4.69) is 32.9 Å². The van der Waals surface area contributed by atoms with E-state index in [9.17, 15) is 9.90 Å². The number of aliphatic hydroxyl groups is 2. The number of nitrogens with zero attached hydrogens (tertiary/aromatic N) is 4. The molecule has 1 aliphatic heterocycles. The van der Waals surface area contributed by atoms with E-state index in [1.54, 1.807) is 22.8 Å². The minimum atomic E-state index is -1.70. The molecule has 0 saturated heterocycles. The van der Waals surface area contributed by atoms with Gasteiger partial charge in [0.2, 0.25) is 0 Å². The maximum atomic E-state index is 13.7. The predicted octanol–water partition coefficient (Wildman–Crippen LogP) is 3.44. The van der Waals surface area contributed by atoms with Crippen molar-refractivity contribution in [1.82, 2.24) is 15.0 Å². The lowest BCUT2D eigenvalue weighted by molar-refractivity contribution is -0.139. The average Bonchev–Trinajstić information content (AvgIpc) is 3.38. The van der Waals surface area contributed by atoms with E-state index < -0.39 is 11.5 Å². The first-order chi connectivity index (χ1) is 16.9. The van der Waals surface area contributed by atoms with Crippen LogP contribution >= 0.6 is 22.6 Å². The van der Waals surface area contributed by atoms with Crippen molar-refractivity contribution in [3.8, 4) is 5.75 Å². The van der Waals surface area contributed by atoms with Crippen molar-refractivity contribution in [3.05, 3.63) is 81.2 Å². The third kappa shape index (κ3) is 5.26. The fourth-order valence-corrected chi connectivity index (χ4v) is 4.96. The van der Waals surface area contributed by atoms with Crippen LogP contribution in [0.3, 0.4) is 0 Å². The van der Waals surface area contributed by atoms with Crippen LogP contribution in [0, 0.1) is 9.49 Å². The molecule has 0 unspecified atom stereocenters. The quantitative estimate of drug-likeness (QED) is 0.278. The van der Waals surface area contributed by atoms with Crippen molar-refractivity contribution >= 4 is 34.2 Å². The number of hydrogen-bond acceptors (Lipinski definition) is 6. The highest BCUT2D eigenvalue weighted by atomic mass is 127. The van der Waals surface area contributed by atoms with Crippen molar-refractivity contribution in [1.29, 1.82) is 0 Å². The summed E-state index contributed by atoms with van der Waals surface area (Å²) in [6.07, 6.45) is 6.77. The number of amides is 1. The molecule has 8 nitrogen and oxygen atoms in total. The normalized spacial score (nSPS) is 18.3. The molecule has 2 atom stereocenters. The van der Waals surface area contributed by atoms with Gasteiger partial charge in [-0.2, -0.15) is 0 Å². The van der Waals surface area contributed by atoms with E-state index in [-0.39, 0.29) is 12.5 Å². The van der Waals surface area contributed by atoms with Crippen molar-refractivity contribution in [3.63, 3.8) is 0 Å². The number of ether oxygens (including phenoxy) is 1. The predicted molar refractivity (Wildman–Crippen MR) is 141 cm³/mol. The Balaban J connectivity index is 1.55. The Morgan fingerprint density at radius 1 is 1.26 bits per heavy atom. The fourth-order valence-electron chi connectivity index (χ4n) is 4.35. The van der Waals surface area contributed by atoms with Gasteiger partial charge in [0.15, 0.2) is 5.60 Å². The Morgan fingerprint density at radius 2 is 2.09 bits per heavy atom. The fraction of sp³-hybridized carbons (Fsp3) is 0.346. The number of fused-ring (bicyclic) bond motifs is 1. The highest BCUT2D eigenvalue weighted by Gasteiger charge is 2.52. The summed E-state index contributed by atoms with van der Waals surface area (Å²) in [6.45, 7) is 2.87. The van der Waals surface area contributed by atoms with Gasteiger partial charge in [0.1, 0.15) is 5.75 Å². The second-order valence-corrected chi connectivity index (χ2v) is 9.87. The second-order valence-electron chi connectivity index (χ2n) is 8.62. The average molecular weight is 588 g/mol. The van der Waals surface area contributed by atoms with Gasteiger partial charge in [0.05, 0.1) is 25.0 Å². The summed E-state index contributed by atoms with van der Waals surface area (Å²) >= 11 is 2.25. The number of carbonyl (C=O) groups excluding carboxylic acids is 1. The summed E-state index contributed by atoms with van der Waals surface area (Å²) < 4.78 is 8.20. The summed E-state index contributed by atoms with van der Waals surface area (Å²) in [6, 6.07) is 13.4. The van der Waals surface area contributed by atoms with Crippen LogP contribution in [0.1, 0.15) is 30.2 Å². The number of methoxy groups -OCH3 is 1. The molecule has 0 saturated carbocycles. The van der Waals surface area contributed by atoms with Gasteiger partial charge in [-0.1, -0.05) is 36.4 Å². The smallest absolute Gasteiger partial charge is 0.264 e. The zero-order valence-corrected chi connectivity index (χ0v) is 21.9. The molecule has 0 spiro atoms. The first-order valence-corrected chi connectivity index (χ1v) is 12.6. The van der Waals surface area contributed by atoms with Gasteiger partial charge >= 0.3 is 0 Å².